The van der Waals surface area contributed by atoms with Crippen LogP contribution in [0.1, 0.15) is 56.3 Å². The van der Waals surface area contributed by atoms with Crippen molar-refractivity contribution < 1.29 is 0 Å². The van der Waals surface area contributed by atoms with Crippen LogP contribution in [0.3, 0.4) is 0 Å². The molecule has 0 bridgehead atoms. The van der Waals surface area contributed by atoms with Crippen LogP contribution in [0.2, 0.25) is 5.15 Å². The van der Waals surface area contributed by atoms with Gasteiger partial charge in [-0.15, -0.1) is 0 Å². The zero-order valence-corrected chi connectivity index (χ0v) is 13.3. The highest BCUT2D eigenvalue weighted by Gasteiger charge is 2.36. The van der Waals surface area contributed by atoms with E-state index < -0.39 is 0 Å². The molecular formula is C16H24ClN3. The Labute approximate surface area is 126 Å². The summed E-state index contributed by atoms with van der Waals surface area (Å²) in [7, 11) is 0. The Bertz CT molecular complexity index is 485. The summed E-state index contributed by atoms with van der Waals surface area (Å²) in [6.45, 7) is 6.19. The monoisotopic (exact) mass is 293 g/mol. The van der Waals surface area contributed by atoms with Gasteiger partial charge in [0.05, 0.1) is 0 Å². The van der Waals surface area contributed by atoms with E-state index in [-0.39, 0.29) is 0 Å². The molecule has 0 unspecified atom stereocenters. The summed E-state index contributed by atoms with van der Waals surface area (Å²) in [6.07, 6.45) is 9.78. The zero-order chi connectivity index (χ0) is 14.2. The largest absolute Gasteiger partial charge is 0.356 e. The lowest BCUT2D eigenvalue weighted by Gasteiger charge is -2.45. The molecule has 1 aromatic rings. The molecule has 1 aliphatic heterocycles. The molecule has 2 aliphatic rings. The van der Waals surface area contributed by atoms with Crippen LogP contribution in [0.4, 0.5) is 5.82 Å². The Hall–Kier alpha value is -0.830. The lowest BCUT2D eigenvalue weighted by Crippen LogP contribution is -2.41. The van der Waals surface area contributed by atoms with E-state index in [1.807, 2.05) is 13.8 Å². The molecule has 0 amide bonds. The predicted octanol–water partition coefficient (Wildman–Crippen LogP) is 4.30. The SMILES string of the molecule is Cc1nc(Cl)c(C)c(N2CCC3(CCCCC3)CC2)n1. The number of aryl methyl sites for hydroxylation is 1. The molecule has 0 atom stereocenters. The molecule has 1 saturated heterocycles. The van der Waals surface area contributed by atoms with Crippen LogP contribution in [-0.2, 0) is 0 Å². The van der Waals surface area contributed by atoms with Crippen molar-refractivity contribution in [1.82, 2.24) is 9.97 Å². The van der Waals surface area contributed by atoms with Crippen molar-refractivity contribution in [3.05, 3.63) is 16.5 Å². The van der Waals surface area contributed by atoms with Crippen LogP contribution in [0.15, 0.2) is 0 Å². The topological polar surface area (TPSA) is 29.0 Å². The van der Waals surface area contributed by atoms with Crippen molar-refractivity contribution in [2.45, 2.75) is 58.8 Å². The summed E-state index contributed by atoms with van der Waals surface area (Å²) in [5, 5.41) is 0.602. The summed E-state index contributed by atoms with van der Waals surface area (Å²) in [6, 6.07) is 0. The van der Waals surface area contributed by atoms with Gasteiger partial charge < -0.3 is 4.90 Å². The van der Waals surface area contributed by atoms with E-state index in [9.17, 15) is 0 Å². The van der Waals surface area contributed by atoms with Gasteiger partial charge in [0, 0.05) is 18.7 Å². The predicted molar refractivity (Wildman–Crippen MR) is 83.5 cm³/mol. The van der Waals surface area contributed by atoms with E-state index in [0.29, 0.717) is 10.6 Å². The first-order valence-corrected chi connectivity index (χ1v) is 8.23. The Morgan fingerprint density at radius 1 is 0.950 bits per heavy atom. The van der Waals surface area contributed by atoms with Crippen LogP contribution >= 0.6 is 11.6 Å². The molecular weight excluding hydrogens is 270 g/mol. The summed E-state index contributed by atoms with van der Waals surface area (Å²) in [5.74, 6) is 1.82. The van der Waals surface area contributed by atoms with E-state index >= 15 is 0 Å². The van der Waals surface area contributed by atoms with E-state index in [2.05, 4.69) is 14.9 Å². The number of hydrogen-bond donors (Lipinski definition) is 0. The molecule has 0 aromatic carbocycles. The first-order chi connectivity index (χ1) is 9.60. The molecule has 3 nitrogen and oxygen atoms in total. The van der Waals surface area contributed by atoms with Crippen molar-refractivity contribution in [3.8, 4) is 0 Å². The third-order valence-corrected chi connectivity index (χ3v) is 5.58. The quantitative estimate of drug-likeness (QED) is 0.723. The molecule has 1 aliphatic carbocycles. The average Bonchev–Trinajstić information content (AvgIpc) is 2.45. The van der Waals surface area contributed by atoms with Gasteiger partial charge in [-0.3, -0.25) is 0 Å². The first kappa shape index (κ1) is 14.1. The van der Waals surface area contributed by atoms with Crippen LogP contribution < -0.4 is 4.90 Å². The smallest absolute Gasteiger partial charge is 0.137 e. The molecule has 1 aromatic heterocycles. The molecule has 3 rings (SSSR count). The number of nitrogens with zero attached hydrogens (tertiary/aromatic N) is 3. The molecule has 20 heavy (non-hydrogen) atoms. The minimum Gasteiger partial charge on any atom is -0.356 e. The molecule has 0 radical (unpaired) electrons. The van der Waals surface area contributed by atoms with E-state index in [1.165, 1.54) is 44.9 Å². The van der Waals surface area contributed by atoms with Gasteiger partial charge in [0.15, 0.2) is 0 Å². The Kier molecular flexibility index (Phi) is 3.89. The lowest BCUT2D eigenvalue weighted by molar-refractivity contribution is 0.144. The molecule has 0 N–H and O–H groups in total. The minimum atomic E-state index is 0.602. The molecule has 2 heterocycles. The maximum absolute atomic E-state index is 6.20. The van der Waals surface area contributed by atoms with Crippen LogP contribution in [-0.4, -0.2) is 23.1 Å². The maximum Gasteiger partial charge on any atom is 0.137 e. The number of halogens is 1. The van der Waals surface area contributed by atoms with Crippen molar-refractivity contribution in [2.75, 3.05) is 18.0 Å². The zero-order valence-electron chi connectivity index (χ0n) is 12.6. The summed E-state index contributed by atoms with van der Waals surface area (Å²) >= 11 is 6.20. The molecule has 2 fully saturated rings. The summed E-state index contributed by atoms with van der Waals surface area (Å²) in [5.41, 5.74) is 1.66. The number of hydrogen-bond acceptors (Lipinski definition) is 3. The maximum atomic E-state index is 6.20. The van der Waals surface area contributed by atoms with Crippen LogP contribution in [0.25, 0.3) is 0 Å². The number of aromatic nitrogens is 2. The fourth-order valence-corrected chi connectivity index (χ4v) is 4.09. The number of anilines is 1. The Morgan fingerprint density at radius 2 is 1.60 bits per heavy atom. The van der Waals surface area contributed by atoms with Gasteiger partial charge in [-0.25, -0.2) is 9.97 Å². The van der Waals surface area contributed by atoms with E-state index in [1.54, 1.807) is 0 Å². The fourth-order valence-electron chi connectivity index (χ4n) is 3.88. The van der Waals surface area contributed by atoms with Crippen molar-refractivity contribution in [3.63, 3.8) is 0 Å². The first-order valence-electron chi connectivity index (χ1n) is 7.85. The summed E-state index contributed by atoms with van der Waals surface area (Å²) < 4.78 is 0. The van der Waals surface area contributed by atoms with Gasteiger partial charge in [0.2, 0.25) is 0 Å². The van der Waals surface area contributed by atoms with Gasteiger partial charge in [-0.2, -0.15) is 0 Å². The van der Waals surface area contributed by atoms with Gasteiger partial charge in [0.1, 0.15) is 16.8 Å². The van der Waals surface area contributed by atoms with E-state index in [4.69, 9.17) is 11.6 Å². The third-order valence-electron chi connectivity index (χ3n) is 5.21. The normalized spacial score (nSPS) is 22.2. The highest BCUT2D eigenvalue weighted by molar-refractivity contribution is 6.30. The third kappa shape index (κ3) is 2.65. The molecule has 1 saturated carbocycles. The van der Waals surface area contributed by atoms with Crippen LogP contribution in [0.5, 0.6) is 0 Å². The lowest BCUT2D eigenvalue weighted by atomic mass is 9.68. The van der Waals surface area contributed by atoms with Crippen molar-refractivity contribution in [2.24, 2.45) is 5.41 Å². The second kappa shape index (κ2) is 5.51. The van der Waals surface area contributed by atoms with Gasteiger partial charge in [-0.1, -0.05) is 30.9 Å². The standard InChI is InChI=1S/C16H24ClN3/c1-12-14(17)18-13(2)19-15(12)20-10-8-16(9-11-20)6-4-3-5-7-16/h3-11H2,1-2H3. The number of rotatable bonds is 1. The fraction of sp³-hybridized carbons (Fsp3) is 0.750. The van der Waals surface area contributed by atoms with Crippen molar-refractivity contribution >= 4 is 17.4 Å². The van der Waals surface area contributed by atoms with E-state index in [0.717, 1.165) is 30.3 Å². The van der Waals surface area contributed by atoms with Gasteiger partial charge in [-0.05, 0) is 44.9 Å². The Morgan fingerprint density at radius 3 is 2.25 bits per heavy atom. The second-order valence-corrected chi connectivity index (χ2v) is 6.92. The van der Waals surface area contributed by atoms with Crippen LogP contribution in [0, 0.1) is 19.3 Å². The van der Waals surface area contributed by atoms with Gasteiger partial charge >= 0.3 is 0 Å². The second-order valence-electron chi connectivity index (χ2n) is 6.56. The molecule has 110 valence electrons. The van der Waals surface area contributed by atoms with Gasteiger partial charge in [0.25, 0.3) is 0 Å². The Balaban J connectivity index is 1.75. The highest BCUT2D eigenvalue weighted by Crippen LogP contribution is 2.45. The average molecular weight is 294 g/mol. The highest BCUT2D eigenvalue weighted by atomic mass is 35.5. The van der Waals surface area contributed by atoms with Crippen molar-refractivity contribution in [1.29, 1.82) is 0 Å². The number of piperidine rings is 1. The summed E-state index contributed by atoms with van der Waals surface area (Å²) in [4.78, 5) is 11.3. The minimum absolute atomic E-state index is 0.602. The molecule has 1 spiro atoms. The molecule has 4 heteroatoms.